The lowest BCUT2D eigenvalue weighted by Gasteiger charge is -2.26. The fourth-order valence-corrected chi connectivity index (χ4v) is 5.79. The number of hydrogen-bond acceptors (Lipinski definition) is 8. The molecule has 3 aromatic carbocycles. The monoisotopic (exact) mass is 630 g/mol. The molecule has 2 aliphatic rings. The van der Waals surface area contributed by atoms with Crippen LogP contribution < -0.4 is 14.2 Å². The molecule has 1 saturated carbocycles. The second kappa shape index (κ2) is 13.9. The lowest BCUT2D eigenvalue weighted by atomic mass is 9.88. The molecule has 1 aliphatic carbocycles. The number of hydrogen-bond donors (Lipinski definition) is 0. The van der Waals surface area contributed by atoms with E-state index >= 15 is 4.39 Å². The van der Waals surface area contributed by atoms with Crippen molar-refractivity contribution in [2.45, 2.75) is 32.1 Å². The highest BCUT2D eigenvalue weighted by atomic mass is 19.1. The Bertz CT molecular complexity index is 1720. The van der Waals surface area contributed by atoms with E-state index in [1.54, 1.807) is 49.7 Å². The van der Waals surface area contributed by atoms with E-state index in [2.05, 4.69) is 9.88 Å². The van der Waals surface area contributed by atoms with E-state index in [0.29, 0.717) is 58.7 Å². The Morgan fingerprint density at radius 1 is 0.870 bits per heavy atom. The number of carbonyl (C=O) groups is 2. The minimum atomic E-state index is -1.06. The lowest BCUT2D eigenvalue weighted by molar-refractivity contribution is -0.133. The molecule has 0 spiro atoms. The second-order valence-corrected chi connectivity index (χ2v) is 11.8. The van der Waals surface area contributed by atoms with Crippen LogP contribution in [-0.2, 0) is 27.2 Å². The Morgan fingerprint density at radius 3 is 2.28 bits per heavy atom. The van der Waals surface area contributed by atoms with Crippen LogP contribution >= 0.6 is 0 Å². The van der Waals surface area contributed by atoms with Crippen molar-refractivity contribution < 1.29 is 37.3 Å². The third-order valence-corrected chi connectivity index (χ3v) is 8.64. The van der Waals surface area contributed by atoms with Crippen molar-refractivity contribution in [3.63, 3.8) is 0 Å². The van der Waals surface area contributed by atoms with Crippen LogP contribution in [0, 0.1) is 17.0 Å². The predicted molar refractivity (Wildman–Crippen MR) is 168 cm³/mol. The summed E-state index contributed by atoms with van der Waals surface area (Å²) in [4.78, 5) is 33.0. The van der Waals surface area contributed by atoms with E-state index < -0.39 is 11.2 Å². The number of Topliss-reactive ketones (excluding diaryl/α,β-unsaturated/α-hetero) is 2. The van der Waals surface area contributed by atoms with Crippen LogP contribution in [0.4, 0.5) is 8.78 Å². The van der Waals surface area contributed by atoms with Crippen molar-refractivity contribution in [1.29, 1.82) is 0 Å². The van der Waals surface area contributed by atoms with Crippen LogP contribution in [0.1, 0.15) is 30.4 Å². The zero-order valence-corrected chi connectivity index (χ0v) is 25.7. The molecule has 240 valence electrons. The number of halogens is 2. The number of ether oxygens (including phenoxy) is 4. The maximum absolute atomic E-state index is 15.3. The number of rotatable bonds is 14. The number of morpholine rings is 1. The van der Waals surface area contributed by atoms with Crippen LogP contribution in [0.25, 0.3) is 10.9 Å². The van der Waals surface area contributed by atoms with Gasteiger partial charge in [0.1, 0.15) is 11.6 Å². The van der Waals surface area contributed by atoms with Gasteiger partial charge in [-0.05, 0) is 66.8 Å². The number of ketones is 2. The number of nitrogens with zero attached hydrogens (tertiary/aromatic N) is 2. The Morgan fingerprint density at radius 2 is 1.59 bits per heavy atom. The largest absolute Gasteiger partial charge is 0.493 e. The molecule has 4 aromatic rings. The van der Waals surface area contributed by atoms with Gasteiger partial charge in [0.2, 0.25) is 0 Å². The van der Waals surface area contributed by atoms with E-state index in [1.165, 1.54) is 24.3 Å². The smallest absolute Gasteiger partial charge is 0.166 e. The third kappa shape index (κ3) is 7.18. The molecule has 0 unspecified atom stereocenters. The molecule has 2 fully saturated rings. The van der Waals surface area contributed by atoms with Crippen molar-refractivity contribution >= 4 is 22.5 Å². The summed E-state index contributed by atoms with van der Waals surface area (Å²) in [7, 11) is 1.56. The van der Waals surface area contributed by atoms with Crippen molar-refractivity contribution in [1.82, 2.24) is 9.88 Å². The van der Waals surface area contributed by atoms with E-state index in [9.17, 15) is 14.0 Å². The quantitative estimate of drug-likeness (QED) is 0.122. The molecule has 2 heterocycles. The summed E-state index contributed by atoms with van der Waals surface area (Å²) < 4.78 is 51.5. The van der Waals surface area contributed by atoms with Crippen molar-refractivity contribution in [2.75, 3.05) is 46.6 Å². The SMILES string of the molecule is COc1cc2c(Oc3ccc(CC(=O)C4(C(=O)Cc5ccc(F)cc5)CC4)cc3F)ccnc2cc1OCCCN1CCOCC1. The Hall–Kier alpha value is -4.41. The van der Waals surface area contributed by atoms with Gasteiger partial charge in [0.15, 0.2) is 34.6 Å². The maximum Gasteiger partial charge on any atom is 0.166 e. The Balaban J connectivity index is 1.10. The number of aromatic nitrogens is 1. The number of fused-ring (bicyclic) bond motifs is 1. The van der Waals surface area contributed by atoms with Crippen LogP contribution in [0.5, 0.6) is 23.0 Å². The molecule has 0 bridgehead atoms. The number of benzene rings is 3. The summed E-state index contributed by atoms with van der Waals surface area (Å²) in [6.45, 7) is 4.80. The van der Waals surface area contributed by atoms with Crippen molar-refractivity contribution in [3.8, 4) is 23.0 Å². The molecule has 10 heteroatoms. The molecule has 6 rings (SSSR count). The fourth-order valence-electron chi connectivity index (χ4n) is 5.79. The number of methoxy groups -OCH3 is 1. The molecule has 46 heavy (non-hydrogen) atoms. The molecule has 0 atom stereocenters. The summed E-state index contributed by atoms with van der Waals surface area (Å²) in [5.41, 5.74) is 0.652. The number of pyridine rings is 1. The predicted octanol–water partition coefficient (Wildman–Crippen LogP) is 6.12. The van der Waals surface area contributed by atoms with Crippen LogP contribution in [0.2, 0.25) is 0 Å². The van der Waals surface area contributed by atoms with Gasteiger partial charge in [0.05, 0.1) is 37.9 Å². The van der Waals surface area contributed by atoms with Crippen molar-refractivity contribution in [2.24, 2.45) is 5.41 Å². The second-order valence-electron chi connectivity index (χ2n) is 11.8. The Labute approximate surface area is 266 Å². The van der Waals surface area contributed by atoms with E-state index in [-0.39, 0.29) is 36.0 Å². The summed E-state index contributed by atoms with van der Waals surface area (Å²) in [6, 6.07) is 15.2. The fraction of sp³-hybridized carbons (Fsp3) is 0.361. The highest BCUT2D eigenvalue weighted by Gasteiger charge is 2.54. The summed E-state index contributed by atoms with van der Waals surface area (Å²) in [6.07, 6.45) is 3.35. The summed E-state index contributed by atoms with van der Waals surface area (Å²) >= 11 is 0. The highest BCUT2D eigenvalue weighted by molar-refractivity contribution is 6.11. The summed E-state index contributed by atoms with van der Waals surface area (Å²) in [5, 5.41) is 0.619. The van der Waals surface area contributed by atoms with Gasteiger partial charge >= 0.3 is 0 Å². The first-order chi connectivity index (χ1) is 22.3. The average Bonchev–Trinajstić information content (AvgIpc) is 3.88. The summed E-state index contributed by atoms with van der Waals surface area (Å²) in [5.74, 6) is -0.00652. The van der Waals surface area contributed by atoms with E-state index in [0.717, 1.165) is 39.3 Å². The minimum absolute atomic E-state index is 0.0142. The van der Waals surface area contributed by atoms with Gasteiger partial charge < -0.3 is 18.9 Å². The van der Waals surface area contributed by atoms with Gasteiger partial charge in [0, 0.05) is 50.1 Å². The van der Waals surface area contributed by atoms with Gasteiger partial charge in [-0.3, -0.25) is 19.5 Å². The lowest BCUT2D eigenvalue weighted by Crippen LogP contribution is -2.37. The maximum atomic E-state index is 15.3. The molecule has 1 saturated heterocycles. The van der Waals surface area contributed by atoms with Gasteiger partial charge in [0.25, 0.3) is 0 Å². The average molecular weight is 631 g/mol. The zero-order chi connectivity index (χ0) is 32.1. The highest BCUT2D eigenvalue weighted by Crippen LogP contribution is 2.49. The van der Waals surface area contributed by atoms with Gasteiger partial charge in [-0.15, -0.1) is 0 Å². The van der Waals surface area contributed by atoms with Crippen LogP contribution in [-0.4, -0.2) is 68.0 Å². The molecule has 1 aromatic heterocycles. The van der Waals surface area contributed by atoms with Gasteiger partial charge in [-0.1, -0.05) is 18.2 Å². The van der Waals surface area contributed by atoms with E-state index in [1.807, 2.05) is 0 Å². The normalized spacial score (nSPS) is 15.8. The van der Waals surface area contributed by atoms with Gasteiger partial charge in [-0.25, -0.2) is 8.78 Å². The first-order valence-corrected chi connectivity index (χ1v) is 15.5. The topological polar surface area (TPSA) is 87.2 Å². The first-order valence-electron chi connectivity index (χ1n) is 15.5. The molecule has 0 radical (unpaired) electrons. The van der Waals surface area contributed by atoms with E-state index in [4.69, 9.17) is 18.9 Å². The molecule has 0 N–H and O–H groups in total. The number of carbonyl (C=O) groups excluding carboxylic acids is 2. The van der Waals surface area contributed by atoms with Crippen LogP contribution in [0.15, 0.2) is 66.9 Å². The first kappa shape index (κ1) is 31.6. The minimum Gasteiger partial charge on any atom is -0.493 e. The molecule has 1 aliphatic heterocycles. The molecular formula is C36H36F2N2O6. The third-order valence-electron chi connectivity index (χ3n) is 8.64. The van der Waals surface area contributed by atoms with Crippen LogP contribution in [0.3, 0.4) is 0 Å². The van der Waals surface area contributed by atoms with Gasteiger partial charge in [-0.2, -0.15) is 0 Å². The zero-order valence-electron chi connectivity index (χ0n) is 25.7. The standard InChI is InChI=1S/C36H36F2N2O6/c1-43-32-22-27-29(23-33(32)45-16-2-13-40-14-17-44-18-15-40)39-12-9-30(27)46-31-8-5-25(19-28(31)38)21-35(42)36(10-11-36)34(41)20-24-3-6-26(37)7-4-24/h3-9,12,19,22-23H,2,10-11,13-18,20-21H2,1H3. The van der Waals surface area contributed by atoms with Crippen molar-refractivity contribution in [3.05, 3.63) is 89.6 Å². The Kier molecular flexibility index (Phi) is 9.56. The molecule has 8 nitrogen and oxygen atoms in total. The molecule has 0 amide bonds. The molecular weight excluding hydrogens is 594 g/mol.